The van der Waals surface area contributed by atoms with Gasteiger partial charge in [-0.05, 0) is 37.5 Å². The molecule has 1 saturated heterocycles. The number of nitrogens with one attached hydrogen (secondary N) is 2. The zero-order valence-corrected chi connectivity index (χ0v) is 15.4. The van der Waals surface area contributed by atoms with Crippen LogP contribution in [0.15, 0.2) is 48.5 Å². The lowest BCUT2D eigenvalue weighted by Gasteiger charge is -2.31. The SMILES string of the molecule is O=C(Nc1ccc(Cl)cc1C(F)(F)F)[C@@H](c1ccccc1)[NH+]1CCCCC1. The van der Waals surface area contributed by atoms with Gasteiger partial charge in [0.25, 0.3) is 5.91 Å². The van der Waals surface area contributed by atoms with Crippen molar-refractivity contribution in [1.82, 2.24) is 0 Å². The molecular weight excluding hydrogens is 377 g/mol. The van der Waals surface area contributed by atoms with Gasteiger partial charge in [0.2, 0.25) is 0 Å². The summed E-state index contributed by atoms with van der Waals surface area (Å²) in [6.07, 6.45) is -1.49. The Hall–Kier alpha value is -2.05. The van der Waals surface area contributed by atoms with Crippen LogP contribution in [0.25, 0.3) is 0 Å². The highest BCUT2D eigenvalue weighted by atomic mass is 35.5. The number of carbonyl (C=O) groups excluding carboxylic acids is 1. The first-order valence-electron chi connectivity index (χ1n) is 8.93. The Morgan fingerprint density at radius 1 is 1.04 bits per heavy atom. The maximum Gasteiger partial charge on any atom is 0.418 e. The van der Waals surface area contributed by atoms with Gasteiger partial charge in [0.05, 0.1) is 24.3 Å². The summed E-state index contributed by atoms with van der Waals surface area (Å²) < 4.78 is 40.0. The van der Waals surface area contributed by atoms with Crippen LogP contribution in [-0.2, 0) is 11.0 Å². The molecule has 144 valence electrons. The second-order valence-electron chi connectivity index (χ2n) is 6.74. The van der Waals surface area contributed by atoms with Crippen LogP contribution in [0, 0.1) is 0 Å². The van der Waals surface area contributed by atoms with Gasteiger partial charge in [-0.15, -0.1) is 0 Å². The topological polar surface area (TPSA) is 33.5 Å². The maximum atomic E-state index is 13.3. The minimum Gasteiger partial charge on any atom is -0.321 e. The van der Waals surface area contributed by atoms with Crippen molar-refractivity contribution in [1.29, 1.82) is 0 Å². The van der Waals surface area contributed by atoms with Gasteiger partial charge in [-0.2, -0.15) is 13.2 Å². The fourth-order valence-corrected chi connectivity index (χ4v) is 3.75. The summed E-state index contributed by atoms with van der Waals surface area (Å²) in [4.78, 5) is 14.1. The number of piperidine rings is 1. The lowest BCUT2D eigenvalue weighted by Crippen LogP contribution is -3.14. The van der Waals surface area contributed by atoms with E-state index in [1.54, 1.807) is 0 Å². The van der Waals surface area contributed by atoms with Crippen molar-refractivity contribution in [3.8, 4) is 0 Å². The molecule has 0 aromatic heterocycles. The molecule has 1 atom stereocenters. The van der Waals surface area contributed by atoms with Gasteiger partial charge < -0.3 is 10.2 Å². The number of hydrogen-bond acceptors (Lipinski definition) is 1. The molecule has 0 unspecified atom stereocenters. The number of likely N-dealkylation sites (tertiary alicyclic amines) is 1. The van der Waals surface area contributed by atoms with E-state index in [1.165, 1.54) is 12.1 Å². The van der Waals surface area contributed by atoms with Crippen LogP contribution in [0.4, 0.5) is 18.9 Å². The van der Waals surface area contributed by atoms with Crippen molar-refractivity contribution in [2.45, 2.75) is 31.5 Å². The number of rotatable bonds is 4. The summed E-state index contributed by atoms with van der Waals surface area (Å²) in [6, 6.07) is 12.0. The largest absolute Gasteiger partial charge is 0.418 e. The highest BCUT2D eigenvalue weighted by Crippen LogP contribution is 2.36. The lowest BCUT2D eigenvalue weighted by molar-refractivity contribution is -0.926. The van der Waals surface area contributed by atoms with Crippen molar-refractivity contribution in [3.63, 3.8) is 0 Å². The minimum atomic E-state index is -4.60. The van der Waals surface area contributed by atoms with Crippen LogP contribution >= 0.6 is 11.6 Å². The molecular formula is C20H21ClF3N2O+. The highest BCUT2D eigenvalue weighted by Gasteiger charge is 2.37. The second kappa shape index (κ2) is 8.31. The first-order valence-corrected chi connectivity index (χ1v) is 9.31. The Kier molecular flexibility index (Phi) is 6.07. The third kappa shape index (κ3) is 4.82. The monoisotopic (exact) mass is 397 g/mol. The molecule has 0 radical (unpaired) electrons. The third-order valence-electron chi connectivity index (χ3n) is 4.84. The molecule has 0 bridgehead atoms. The van der Waals surface area contributed by atoms with Crippen LogP contribution < -0.4 is 10.2 Å². The van der Waals surface area contributed by atoms with Crippen LogP contribution in [0.3, 0.4) is 0 Å². The molecule has 0 saturated carbocycles. The van der Waals surface area contributed by atoms with Crippen molar-refractivity contribution in [3.05, 3.63) is 64.7 Å². The molecule has 1 fully saturated rings. The summed E-state index contributed by atoms with van der Waals surface area (Å²) >= 11 is 5.72. The standard InChI is InChI=1S/C20H20ClF3N2O/c21-15-9-10-17(16(13-15)20(22,23)24)25-19(27)18(14-7-3-1-4-8-14)26-11-5-2-6-12-26/h1,3-4,7-10,13,18H,2,5-6,11-12H2,(H,25,27)/p+1/t18-/m1/s1. The van der Waals surface area contributed by atoms with Gasteiger partial charge >= 0.3 is 6.18 Å². The normalized spacial score (nSPS) is 16.7. The van der Waals surface area contributed by atoms with E-state index in [9.17, 15) is 18.0 Å². The number of alkyl halides is 3. The minimum absolute atomic E-state index is 0.0263. The molecule has 7 heteroatoms. The molecule has 1 heterocycles. The van der Waals surface area contributed by atoms with E-state index in [0.717, 1.165) is 48.9 Å². The molecule has 2 N–H and O–H groups in total. The van der Waals surface area contributed by atoms with Crippen molar-refractivity contribution >= 4 is 23.2 Å². The van der Waals surface area contributed by atoms with E-state index in [4.69, 9.17) is 11.6 Å². The first-order chi connectivity index (χ1) is 12.9. The van der Waals surface area contributed by atoms with Crippen LogP contribution in [0.2, 0.25) is 5.02 Å². The van der Waals surface area contributed by atoms with Crippen LogP contribution in [-0.4, -0.2) is 19.0 Å². The number of benzene rings is 2. The maximum absolute atomic E-state index is 13.3. The Morgan fingerprint density at radius 2 is 1.70 bits per heavy atom. The average Bonchev–Trinajstić information content (AvgIpc) is 2.64. The van der Waals surface area contributed by atoms with Crippen LogP contribution in [0.5, 0.6) is 0 Å². The van der Waals surface area contributed by atoms with Gasteiger partial charge in [-0.25, -0.2) is 0 Å². The van der Waals surface area contributed by atoms with Gasteiger partial charge in [0, 0.05) is 10.6 Å². The van der Waals surface area contributed by atoms with Crippen molar-refractivity contribution in [2.75, 3.05) is 18.4 Å². The zero-order chi connectivity index (χ0) is 19.4. The lowest BCUT2D eigenvalue weighted by atomic mass is 10.0. The Balaban J connectivity index is 1.92. The van der Waals surface area contributed by atoms with E-state index in [-0.39, 0.29) is 10.7 Å². The molecule has 1 aliphatic heterocycles. The molecule has 0 spiro atoms. The van der Waals surface area contributed by atoms with E-state index in [1.807, 2.05) is 30.3 Å². The highest BCUT2D eigenvalue weighted by molar-refractivity contribution is 6.30. The fraction of sp³-hybridized carbons (Fsp3) is 0.350. The zero-order valence-electron chi connectivity index (χ0n) is 14.7. The quantitative estimate of drug-likeness (QED) is 0.800. The number of amides is 1. The second-order valence-corrected chi connectivity index (χ2v) is 7.18. The Bertz CT molecular complexity index is 790. The summed E-state index contributed by atoms with van der Waals surface area (Å²) in [6.45, 7) is 1.64. The van der Waals surface area contributed by atoms with Gasteiger partial charge in [0.1, 0.15) is 0 Å². The number of hydrogen-bond donors (Lipinski definition) is 2. The van der Waals surface area contributed by atoms with Crippen molar-refractivity contribution < 1.29 is 22.9 Å². The predicted molar refractivity (Wildman–Crippen MR) is 98.8 cm³/mol. The predicted octanol–water partition coefficient (Wildman–Crippen LogP) is 4.11. The van der Waals surface area contributed by atoms with E-state index in [0.29, 0.717) is 0 Å². The molecule has 27 heavy (non-hydrogen) atoms. The van der Waals surface area contributed by atoms with E-state index in [2.05, 4.69) is 5.32 Å². The fourth-order valence-electron chi connectivity index (χ4n) is 3.58. The van der Waals surface area contributed by atoms with E-state index < -0.39 is 23.7 Å². The smallest absolute Gasteiger partial charge is 0.321 e. The molecule has 1 aliphatic rings. The number of halogens is 4. The number of carbonyl (C=O) groups is 1. The summed E-state index contributed by atoms with van der Waals surface area (Å²) in [5, 5.41) is 2.48. The molecule has 2 aromatic rings. The van der Waals surface area contributed by atoms with Gasteiger partial charge in [-0.3, -0.25) is 4.79 Å². The molecule has 3 rings (SSSR count). The van der Waals surface area contributed by atoms with Gasteiger partial charge in [0.15, 0.2) is 6.04 Å². The summed E-state index contributed by atoms with van der Waals surface area (Å²) in [5.41, 5.74) is -0.410. The average molecular weight is 398 g/mol. The number of anilines is 1. The van der Waals surface area contributed by atoms with E-state index >= 15 is 0 Å². The van der Waals surface area contributed by atoms with Gasteiger partial charge in [-0.1, -0.05) is 41.9 Å². The van der Waals surface area contributed by atoms with Crippen LogP contribution in [0.1, 0.15) is 36.4 Å². The third-order valence-corrected chi connectivity index (χ3v) is 5.08. The molecule has 3 nitrogen and oxygen atoms in total. The van der Waals surface area contributed by atoms with Crippen molar-refractivity contribution in [2.24, 2.45) is 0 Å². The Morgan fingerprint density at radius 3 is 2.33 bits per heavy atom. The Labute approximate surface area is 161 Å². The molecule has 1 amide bonds. The number of quaternary nitrogens is 1. The summed E-state index contributed by atoms with van der Waals surface area (Å²) in [7, 11) is 0. The molecule has 2 aromatic carbocycles. The summed E-state index contributed by atoms with van der Waals surface area (Å²) in [5.74, 6) is -0.439. The molecule has 0 aliphatic carbocycles. The first kappa shape index (κ1) is 19.7.